The molecule has 1 N–H and O–H groups in total. The number of carboxylic acids is 1. The van der Waals surface area contributed by atoms with Crippen LogP contribution in [0.3, 0.4) is 0 Å². The lowest BCUT2D eigenvalue weighted by atomic mass is 10.1. The number of benzene rings is 1. The highest BCUT2D eigenvalue weighted by molar-refractivity contribution is 7.89. The molecule has 0 bridgehead atoms. The molecule has 2 atom stereocenters. The maximum Gasteiger partial charge on any atom is 0.322 e. The average molecular weight is 379 g/mol. The van der Waals surface area contributed by atoms with Crippen LogP contribution in [0.25, 0.3) is 0 Å². The number of aromatic nitrogens is 2. The molecule has 0 spiro atoms. The summed E-state index contributed by atoms with van der Waals surface area (Å²) in [4.78, 5) is 11.7. The summed E-state index contributed by atoms with van der Waals surface area (Å²) in [5, 5.41) is 13.6. The van der Waals surface area contributed by atoms with Gasteiger partial charge in [-0.05, 0) is 43.5 Å². The minimum atomic E-state index is -4.02. The normalized spacial score (nSPS) is 21.0. The van der Waals surface area contributed by atoms with Crippen LogP contribution >= 0.6 is 0 Å². The van der Waals surface area contributed by atoms with Gasteiger partial charge < -0.3 is 9.84 Å². The predicted octanol–water partition coefficient (Wildman–Crippen LogP) is 1.89. The Kier molecular flexibility index (Phi) is 5.01. The van der Waals surface area contributed by atoms with Crippen molar-refractivity contribution in [3.63, 3.8) is 0 Å². The number of aryl methyl sites for hydroxylation is 1. The van der Waals surface area contributed by atoms with Gasteiger partial charge in [0.05, 0.1) is 19.3 Å². The van der Waals surface area contributed by atoms with E-state index in [0.717, 1.165) is 9.87 Å². The van der Waals surface area contributed by atoms with E-state index in [2.05, 4.69) is 5.10 Å². The van der Waals surface area contributed by atoms with Crippen LogP contribution in [-0.2, 0) is 21.4 Å². The Morgan fingerprint density at radius 3 is 2.54 bits per heavy atom. The van der Waals surface area contributed by atoms with Crippen LogP contribution in [0.5, 0.6) is 5.75 Å². The van der Waals surface area contributed by atoms with Crippen LogP contribution in [0.15, 0.2) is 41.6 Å². The fourth-order valence-electron chi connectivity index (χ4n) is 3.38. The molecule has 9 heteroatoms. The van der Waals surface area contributed by atoms with Gasteiger partial charge in [-0.25, -0.2) is 8.42 Å². The minimum Gasteiger partial charge on any atom is -0.497 e. The minimum absolute atomic E-state index is 0.00617. The van der Waals surface area contributed by atoms with Crippen LogP contribution in [0.1, 0.15) is 31.4 Å². The summed E-state index contributed by atoms with van der Waals surface area (Å²) in [5.41, 5.74) is 0.737. The number of hydrogen-bond donors (Lipinski definition) is 1. The van der Waals surface area contributed by atoms with Gasteiger partial charge in [-0.15, -0.1) is 0 Å². The number of aliphatic carboxylic acids is 1. The van der Waals surface area contributed by atoms with Crippen LogP contribution in [-0.4, -0.2) is 46.7 Å². The molecule has 1 aromatic heterocycles. The summed E-state index contributed by atoms with van der Waals surface area (Å²) >= 11 is 0. The molecule has 0 saturated carbocycles. The summed E-state index contributed by atoms with van der Waals surface area (Å²) in [5.74, 6) is -0.493. The van der Waals surface area contributed by atoms with Gasteiger partial charge in [0.15, 0.2) is 5.03 Å². The second kappa shape index (κ2) is 7.08. The molecular formula is C17H21N3O5S. The highest BCUT2D eigenvalue weighted by Crippen LogP contribution is 2.40. The first-order valence-corrected chi connectivity index (χ1v) is 9.76. The number of nitrogens with zero attached hydrogens (tertiary/aromatic N) is 3. The molecule has 1 fully saturated rings. The molecule has 1 aliphatic heterocycles. The van der Waals surface area contributed by atoms with E-state index in [-0.39, 0.29) is 11.4 Å². The number of carbonyl (C=O) groups is 1. The van der Waals surface area contributed by atoms with Crippen molar-refractivity contribution in [2.24, 2.45) is 0 Å². The molecule has 0 unspecified atom stereocenters. The molecular weight excluding hydrogens is 358 g/mol. The third-order valence-corrected chi connectivity index (χ3v) is 6.57. The quantitative estimate of drug-likeness (QED) is 0.822. The topological polar surface area (TPSA) is 102 Å². The lowest BCUT2D eigenvalue weighted by Crippen LogP contribution is -2.42. The molecule has 8 nitrogen and oxygen atoms in total. The van der Waals surface area contributed by atoms with E-state index in [0.29, 0.717) is 18.7 Å². The first-order valence-electron chi connectivity index (χ1n) is 8.32. The van der Waals surface area contributed by atoms with Crippen molar-refractivity contribution >= 4 is 16.0 Å². The zero-order valence-corrected chi connectivity index (χ0v) is 15.4. The number of ether oxygens (including phenoxy) is 1. The van der Waals surface area contributed by atoms with Crippen LogP contribution in [0.2, 0.25) is 0 Å². The first-order chi connectivity index (χ1) is 12.4. The number of carboxylic acid groups (broad SMARTS) is 1. The third-order valence-electron chi connectivity index (χ3n) is 4.63. The third kappa shape index (κ3) is 3.08. The monoisotopic (exact) mass is 379 g/mol. The molecule has 1 aliphatic rings. The van der Waals surface area contributed by atoms with Crippen molar-refractivity contribution in [2.75, 3.05) is 7.11 Å². The standard InChI is InChI=1S/C17H21N3O5S/c1-3-19-16(10-11-18-19)26(23,24)20-14(8-9-15(20)17(21)22)12-4-6-13(25-2)7-5-12/h4-7,10-11,14-15H,3,8-9H2,1-2H3,(H,21,22)/t14-,15-/m0/s1. The molecule has 26 heavy (non-hydrogen) atoms. The highest BCUT2D eigenvalue weighted by Gasteiger charge is 2.47. The lowest BCUT2D eigenvalue weighted by Gasteiger charge is -2.27. The number of methoxy groups -OCH3 is 1. The van der Waals surface area contributed by atoms with E-state index in [1.54, 1.807) is 38.3 Å². The van der Waals surface area contributed by atoms with Crippen LogP contribution in [0, 0.1) is 0 Å². The van der Waals surface area contributed by atoms with E-state index in [1.165, 1.54) is 16.9 Å². The Hall–Kier alpha value is -2.39. The van der Waals surface area contributed by atoms with Gasteiger partial charge in [0.25, 0.3) is 10.0 Å². The molecule has 1 saturated heterocycles. The Bertz CT molecular complexity index is 891. The van der Waals surface area contributed by atoms with Crippen molar-refractivity contribution in [1.82, 2.24) is 14.1 Å². The summed E-state index contributed by atoms with van der Waals surface area (Å²) in [6.07, 6.45) is 2.10. The van der Waals surface area contributed by atoms with Gasteiger partial charge in [0.2, 0.25) is 0 Å². The van der Waals surface area contributed by atoms with E-state index < -0.39 is 28.1 Å². The Morgan fingerprint density at radius 1 is 1.27 bits per heavy atom. The van der Waals surface area contributed by atoms with Gasteiger partial charge in [0, 0.05) is 6.54 Å². The van der Waals surface area contributed by atoms with Crippen molar-refractivity contribution in [2.45, 2.75) is 43.4 Å². The molecule has 0 radical (unpaired) electrons. The molecule has 2 aromatic rings. The fraction of sp³-hybridized carbons (Fsp3) is 0.412. The largest absolute Gasteiger partial charge is 0.497 e. The lowest BCUT2D eigenvalue weighted by molar-refractivity contribution is -0.140. The highest BCUT2D eigenvalue weighted by atomic mass is 32.2. The van der Waals surface area contributed by atoms with Crippen molar-refractivity contribution < 1.29 is 23.1 Å². The van der Waals surface area contributed by atoms with Gasteiger partial charge in [-0.1, -0.05) is 12.1 Å². The predicted molar refractivity (Wildman–Crippen MR) is 93.3 cm³/mol. The van der Waals surface area contributed by atoms with Crippen molar-refractivity contribution in [3.8, 4) is 5.75 Å². The number of rotatable bonds is 6. The number of sulfonamides is 1. The van der Waals surface area contributed by atoms with Crippen LogP contribution < -0.4 is 4.74 Å². The maximum atomic E-state index is 13.3. The van der Waals surface area contributed by atoms with Gasteiger partial charge >= 0.3 is 5.97 Å². The maximum absolute atomic E-state index is 13.3. The van der Waals surface area contributed by atoms with E-state index >= 15 is 0 Å². The van der Waals surface area contributed by atoms with Gasteiger partial charge in [-0.3, -0.25) is 9.48 Å². The van der Waals surface area contributed by atoms with Crippen LogP contribution in [0.4, 0.5) is 0 Å². The molecule has 2 heterocycles. The van der Waals surface area contributed by atoms with E-state index in [1.807, 2.05) is 0 Å². The Balaban J connectivity index is 2.06. The average Bonchev–Trinajstić information content (AvgIpc) is 3.29. The summed E-state index contributed by atoms with van der Waals surface area (Å²) in [6, 6.07) is 6.77. The Morgan fingerprint density at radius 2 is 1.96 bits per heavy atom. The zero-order valence-electron chi connectivity index (χ0n) is 14.6. The smallest absolute Gasteiger partial charge is 0.322 e. The summed E-state index contributed by atoms with van der Waals surface area (Å²) in [6.45, 7) is 2.16. The van der Waals surface area contributed by atoms with E-state index in [9.17, 15) is 18.3 Å². The van der Waals surface area contributed by atoms with E-state index in [4.69, 9.17) is 4.74 Å². The molecule has 140 valence electrons. The summed E-state index contributed by atoms with van der Waals surface area (Å²) < 4.78 is 34.2. The molecule has 3 rings (SSSR count). The van der Waals surface area contributed by atoms with Gasteiger partial charge in [-0.2, -0.15) is 9.40 Å². The fourth-order valence-corrected chi connectivity index (χ4v) is 5.36. The SMILES string of the molecule is CCn1nccc1S(=O)(=O)N1[C@H](C(=O)O)CC[C@H]1c1ccc(OC)cc1. The zero-order chi connectivity index (χ0) is 18.9. The molecule has 0 amide bonds. The van der Waals surface area contributed by atoms with Gasteiger partial charge in [0.1, 0.15) is 11.8 Å². The molecule has 1 aromatic carbocycles. The number of hydrogen-bond acceptors (Lipinski definition) is 5. The first kappa shape index (κ1) is 18.4. The van der Waals surface area contributed by atoms with Crippen molar-refractivity contribution in [1.29, 1.82) is 0 Å². The van der Waals surface area contributed by atoms with Crippen molar-refractivity contribution in [3.05, 3.63) is 42.1 Å². The molecule has 0 aliphatic carbocycles. The second-order valence-electron chi connectivity index (χ2n) is 6.04. The second-order valence-corrected chi connectivity index (χ2v) is 7.83. The Labute approximate surface area is 152 Å². The summed E-state index contributed by atoms with van der Waals surface area (Å²) in [7, 11) is -2.47.